The van der Waals surface area contributed by atoms with E-state index in [4.69, 9.17) is 4.74 Å². The first-order valence-corrected chi connectivity index (χ1v) is 10.5. The fourth-order valence-electron chi connectivity index (χ4n) is 7.08. The Hall–Kier alpha value is -1.79. The minimum absolute atomic E-state index is 0.00243. The molecule has 0 saturated heterocycles. The van der Waals surface area contributed by atoms with E-state index in [0.29, 0.717) is 19.3 Å². The van der Waals surface area contributed by atoms with Crippen molar-refractivity contribution in [3.63, 3.8) is 0 Å². The number of ketones is 2. The summed E-state index contributed by atoms with van der Waals surface area (Å²) in [6, 6.07) is 0. The van der Waals surface area contributed by atoms with Crippen molar-refractivity contribution in [2.75, 3.05) is 6.61 Å². The Morgan fingerprint density at radius 2 is 2.00 bits per heavy atom. The summed E-state index contributed by atoms with van der Waals surface area (Å²) in [6.07, 6.45) is 7.50. The number of hydrogen-bond donors (Lipinski definition) is 2. The van der Waals surface area contributed by atoms with Crippen LogP contribution in [0.4, 0.5) is 0 Å². The van der Waals surface area contributed by atoms with Gasteiger partial charge in [-0.05, 0) is 56.1 Å². The lowest BCUT2D eigenvalue weighted by Crippen LogP contribution is -2.61. The van der Waals surface area contributed by atoms with Crippen LogP contribution in [0, 0.1) is 28.6 Å². The molecule has 0 spiro atoms. The molecule has 4 aliphatic carbocycles. The summed E-state index contributed by atoms with van der Waals surface area (Å²) in [5.74, 6) is -0.836. The first-order valence-electron chi connectivity index (χ1n) is 10.5. The summed E-state index contributed by atoms with van der Waals surface area (Å²) < 4.78 is 4.88. The van der Waals surface area contributed by atoms with Crippen LogP contribution in [0.25, 0.3) is 0 Å². The third-order valence-electron chi connectivity index (χ3n) is 8.52. The molecule has 3 saturated carbocycles. The molecule has 7 atom stereocenters. The van der Waals surface area contributed by atoms with Gasteiger partial charge in [0.25, 0.3) is 0 Å². The highest BCUT2D eigenvalue weighted by atomic mass is 16.5. The van der Waals surface area contributed by atoms with Crippen molar-refractivity contribution in [1.29, 1.82) is 0 Å². The zero-order chi connectivity index (χ0) is 21.2. The molecule has 0 bridgehead atoms. The Morgan fingerprint density at radius 3 is 2.69 bits per heavy atom. The predicted octanol–water partition coefficient (Wildman–Crippen LogP) is 2.13. The van der Waals surface area contributed by atoms with E-state index < -0.39 is 35.5 Å². The summed E-state index contributed by atoms with van der Waals surface area (Å²) in [4.78, 5) is 35.9. The quantitative estimate of drug-likeness (QED) is 0.702. The number of allylic oxidation sites excluding steroid dienone is 4. The van der Waals surface area contributed by atoms with Gasteiger partial charge in [0.15, 0.2) is 12.4 Å². The van der Waals surface area contributed by atoms with Gasteiger partial charge in [-0.2, -0.15) is 0 Å². The van der Waals surface area contributed by atoms with Crippen molar-refractivity contribution in [2.24, 2.45) is 28.6 Å². The minimum atomic E-state index is -1.60. The van der Waals surface area contributed by atoms with Gasteiger partial charge in [0.1, 0.15) is 5.60 Å². The molecule has 0 aliphatic heterocycles. The molecule has 2 N–H and O–H groups in total. The smallest absolute Gasteiger partial charge is 0.303 e. The van der Waals surface area contributed by atoms with Crippen LogP contribution in [0.15, 0.2) is 23.8 Å². The van der Waals surface area contributed by atoms with E-state index in [0.717, 1.165) is 18.4 Å². The van der Waals surface area contributed by atoms with E-state index in [1.165, 1.54) is 6.92 Å². The normalized spacial score (nSPS) is 45.7. The Balaban J connectivity index is 1.66. The summed E-state index contributed by atoms with van der Waals surface area (Å²) in [6.45, 7) is 4.80. The van der Waals surface area contributed by atoms with Crippen LogP contribution in [0.5, 0.6) is 0 Å². The summed E-state index contributed by atoms with van der Waals surface area (Å²) in [7, 11) is 0. The van der Waals surface area contributed by atoms with Gasteiger partial charge in [-0.15, -0.1) is 0 Å². The fourth-order valence-corrected chi connectivity index (χ4v) is 7.08. The molecule has 158 valence electrons. The number of esters is 1. The van der Waals surface area contributed by atoms with E-state index in [2.05, 4.69) is 6.92 Å². The Morgan fingerprint density at radius 1 is 1.28 bits per heavy atom. The lowest BCUT2D eigenvalue weighted by atomic mass is 9.46. The van der Waals surface area contributed by atoms with Crippen molar-refractivity contribution in [3.8, 4) is 0 Å². The number of hydrogen-bond acceptors (Lipinski definition) is 6. The van der Waals surface area contributed by atoms with E-state index >= 15 is 0 Å². The molecule has 0 heterocycles. The third-order valence-corrected chi connectivity index (χ3v) is 8.52. The average Bonchev–Trinajstić information content (AvgIpc) is 2.91. The lowest BCUT2D eigenvalue weighted by molar-refractivity contribution is -0.181. The van der Waals surface area contributed by atoms with Crippen molar-refractivity contribution < 1.29 is 29.3 Å². The molecule has 0 radical (unpaired) electrons. The second-order valence-corrected chi connectivity index (χ2v) is 9.81. The SMILES string of the molecule is CC(=O)OCC(=O)C1(O)CC[C@H]2[C@@H]3CCC4=CC(=O)C=C[C@]4(C)C3C(O)C[C@@]21C. The van der Waals surface area contributed by atoms with Crippen LogP contribution >= 0.6 is 0 Å². The zero-order valence-electron chi connectivity index (χ0n) is 17.3. The minimum Gasteiger partial charge on any atom is -0.458 e. The van der Waals surface area contributed by atoms with Crippen molar-refractivity contribution >= 4 is 17.5 Å². The highest BCUT2D eigenvalue weighted by Gasteiger charge is 2.68. The van der Waals surface area contributed by atoms with Gasteiger partial charge in [-0.3, -0.25) is 14.4 Å². The highest BCUT2D eigenvalue weighted by Crippen LogP contribution is 2.67. The van der Waals surface area contributed by atoms with Crippen LogP contribution in [-0.2, 0) is 19.1 Å². The maximum Gasteiger partial charge on any atom is 0.303 e. The summed E-state index contributed by atoms with van der Waals surface area (Å²) in [5.41, 5.74) is -1.67. The molecule has 4 aliphatic rings. The second kappa shape index (κ2) is 6.61. The van der Waals surface area contributed by atoms with Gasteiger partial charge in [0.05, 0.1) is 6.10 Å². The van der Waals surface area contributed by atoms with E-state index in [1.54, 1.807) is 12.2 Å². The van der Waals surface area contributed by atoms with Crippen LogP contribution in [0.1, 0.15) is 52.9 Å². The van der Waals surface area contributed by atoms with Crippen LogP contribution in [0.2, 0.25) is 0 Å². The molecular formula is C23H30O6. The molecule has 0 aromatic heterocycles. The monoisotopic (exact) mass is 402 g/mol. The average molecular weight is 402 g/mol. The number of carbonyl (C=O) groups excluding carboxylic acids is 3. The Bertz CT molecular complexity index is 827. The van der Waals surface area contributed by atoms with Gasteiger partial charge in [-0.1, -0.05) is 25.5 Å². The van der Waals surface area contributed by atoms with Crippen molar-refractivity contribution in [2.45, 2.75) is 64.6 Å². The van der Waals surface area contributed by atoms with Crippen LogP contribution in [-0.4, -0.2) is 46.1 Å². The second-order valence-electron chi connectivity index (χ2n) is 9.81. The predicted molar refractivity (Wildman–Crippen MR) is 105 cm³/mol. The standard InChI is InChI=1S/C23H30O6/c1-13(24)29-12-19(27)23(28)9-7-17-16-5-4-14-10-15(25)6-8-21(14,2)20(16)18(26)11-22(17,23)3/h6,8,10,16-18,20,26,28H,4-5,7,9,11-12H2,1-3H3/t16-,17-,18?,20?,21-,22-,23?/m0/s1. The molecule has 0 amide bonds. The number of aliphatic hydroxyl groups is 2. The highest BCUT2D eigenvalue weighted by molar-refractivity contribution is 6.01. The number of ether oxygens (including phenoxy) is 1. The van der Waals surface area contributed by atoms with E-state index in [9.17, 15) is 24.6 Å². The lowest BCUT2D eigenvalue weighted by Gasteiger charge is -2.59. The Kier molecular flexibility index (Phi) is 4.67. The first kappa shape index (κ1) is 20.5. The molecule has 29 heavy (non-hydrogen) atoms. The molecular weight excluding hydrogens is 372 g/mol. The largest absolute Gasteiger partial charge is 0.458 e. The molecule has 0 aromatic rings. The molecule has 4 rings (SSSR count). The molecule has 6 heteroatoms. The topological polar surface area (TPSA) is 101 Å². The number of rotatable bonds is 3. The number of carbonyl (C=O) groups is 3. The summed E-state index contributed by atoms with van der Waals surface area (Å²) in [5, 5.41) is 22.7. The van der Waals surface area contributed by atoms with Crippen LogP contribution in [0.3, 0.4) is 0 Å². The number of Topliss-reactive ketones (excluding diaryl/α,β-unsaturated/α-hetero) is 1. The van der Waals surface area contributed by atoms with Crippen LogP contribution < -0.4 is 0 Å². The molecule has 0 aromatic carbocycles. The van der Waals surface area contributed by atoms with Gasteiger partial charge < -0.3 is 14.9 Å². The van der Waals surface area contributed by atoms with Gasteiger partial charge >= 0.3 is 5.97 Å². The third kappa shape index (κ3) is 2.79. The number of fused-ring (bicyclic) bond motifs is 5. The summed E-state index contributed by atoms with van der Waals surface area (Å²) >= 11 is 0. The molecule has 6 nitrogen and oxygen atoms in total. The van der Waals surface area contributed by atoms with Gasteiger partial charge in [0, 0.05) is 23.7 Å². The van der Waals surface area contributed by atoms with Gasteiger partial charge in [-0.25, -0.2) is 0 Å². The maximum absolute atomic E-state index is 12.9. The van der Waals surface area contributed by atoms with Crippen molar-refractivity contribution in [3.05, 3.63) is 23.8 Å². The molecule has 3 unspecified atom stereocenters. The Labute approximate surface area is 171 Å². The van der Waals surface area contributed by atoms with E-state index in [1.807, 2.05) is 13.0 Å². The zero-order valence-corrected chi connectivity index (χ0v) is 17.3. The van der Waals surface area contributed by atoms with Gasteiger partial charge in [0.2, 0.25) is 5.78 Å². The number of aliphatic hydroxyl groups excluding tert-OH is 1. The molecule has 3 fully saturated rings. The van der Waals surface area contributed by atoms with Crippen molar-refractivity contribution in [1.82, 2.24) is 0 Å². The fraction of sp³-hybridized carbons (Fsp3) is 0.696. The maximum atomic E-state index is 12.9. The van der Waals surface area contributed by atoms with E-state index in [-0.39, 0.29) is 29.0 Å². The first-order chi connectivity index (χ1) is 13.5.